The number of carbonyl (C=O) groups is 1. The Bertz CT molecular complexity index is 715. The predicted octanol–water partition coefficient (Wildman–Crippen LogP) is -6.43. The minimum Gasteiger partial charge on any atom is -0.786 e. The van der Waals surface area contributed by atoms with Crippen LogP contribution in [0.2, 0.25) is 0 Å². The molecule has 0 bridgehead atoms. The Morgan fingerprint density at radius 3 is 1.56 bits per heavy atom. The Kier molecular flexibility index (Phi) is 39.1. The fraction of sp³-hybridized carbons (Fsp3) is 0.632. The Morgan fingerprint density at radius 1 is 0.912 bits per heavy atom. The van der Waals surface area contributed by atoms with Crippen molar-refractivity contribution in [1.29, 1.82) is 0 Å². The van der Waals surface area contributed by atoms with Gasteiger partial charge in [-0.1, -0.05) is 95.0 Å². The van der Waals surface area contributed by atoms with Gasteiger partial charge in [-0.3, -0.25) is 4.55 Å². The van der Waals surface area contributed by atoms with Crippen molar-refractivity contribution in [2.24, 2.45) is 0 Å². The second-order valence-corrected chi connectivity index (χ2v) is 8.47. The first-order chi connectivity index (χ1) is 14.4. The van der Waals surface area contributed by atoms with Crippen molar-refractivity contribution in [1.82, 2.24) is 0 Å². The Labute approximate surface area is 269 Å². The van der Waals surface area contributed by atoms with Crippen LogP contribution >= 0.6 is 7.91 Å². The molecule has 9 nitrogen and oxygen atoms in total. The van der Waals surface area contributed by atoms with E-state index in [0.29, 0.717) is 6.42 Å². The number of unbranched alkanes of at least 4 members (excludes halogenated alkanes) is 9. The van der Waals surface area contributed by atoms with Crippen molar-refractivity contribution >= 4 is 24.3 Å². The molecule has 1 N–H and O–H groups in total. The van der Waals surface area contributed by atoms with E-state index in [1.54, 1.807) is 18.2 Å². The third kappa shape index (κ3) is 46.9. The molecule has 0 aliphatic rings. The Balaban J connectivity index is -0.000000139. The summed E-state index contributed by atoms with van der Waals surface area (Å²) < 4.78 is 51.6. The maximum Gasteiger partial charge on any atom is 1.00 e. The molecule has 1 rings (SSSR count). The first-order valence-corrected chi connectivity index (χ1v) is 12.8. The van der Waals surface area contributed by atoms with Crippen LogP contribution in [0.15, 0.2) is 30.3 Å². The second-order valence-electron chi connectivity index (χ2n) is 6.52. The first-order valence-electron chi connectivity index (χ1n) is 9.96. The molecule has 1 aromatic rings. The van der Waals surface area contributed by atoms with Crippen LogP contribution in [0.3, 0.4) is 0 Å². The van der Waals surface area contributed by atoms with E-state index in [0.717, 1.165) is 12.8 Å². The zero-order valence-corrected chi connectivity index (χ0v) is 28.3. The summed E-state index contributed by atoms with van der Waals surface area (Å²) in [7, 11) is -9.87. The molecule has 0 atom stereocenters. The number of hydrogen-bond acceptors (Lipinski definition) is 8. The molecule has 1 aromatic carbocycles. The van der Waals surface area contributed by atoms with E-state index in [-0.39, 0.29) is 101 Å². The van der Waals surface area contributed by atoms with Crippen LogP contribution in [0, 0.1) is 0 Å². The van der Waals surface area contributed by atoms with Crippen molar-refractivity contribution in [3.05, 3.63) is 35.9 Å². The summed E-state index contributed by atoms with van der Waals surface area (Å²) >= 11 is 0. The smallest absolute Gasteiger partial charge is 0.786 e. The molecule has 0 fully saturated rings. The fourth-order valence-corrected chi connectivity index (χ4v) is 2.66. The van der Waals surface area contributed by atoms with Gasteiger partial charge in [0.2, 0.25) is 0 Å². The van der Waals surface area contributed by atoms with Crippen molar-refractivity contribution < 1.29 is 134 Å². The molecule has 0 aliphatic heterocycles. The van der Waals surface area contributed by atoms with Crippen molar-refractivity contribution in [2.45, 2.75) is 71.1 Å². The van der Waals surface area contributed by atoms with E-state index >= 15 is 0 Å². The number of benzene rings is 1. The van der Waals surface area contributed by atoms with E-state index in [1.807, 2.05) is 0 Å². The number of aromatic carboxylic acids is 1. The number of carboxylic acids is 1. The quantitative estimate of drug-likeness (QED) is 0.108. The van der Waals surface area contributed by atoms with Crippen LogP contribution in [0.5, 0.6) is 0 Å². The molecule has 0 aliphatic carbocycles. The molecule has 0 aromatic heterocycles. The zero-order valence-electron chi connectivity index (χ0n) is 20.6. The average Bonchev–Trinajstić information content (AvgIpc) is 2.65. The molecule has 15 heteroatoms. The molecule has 0 heterocycles. The Hall–Kier alpha value is 1.64. The van der Waals surface area contributed by atoms with Gasteiger partial charge in [0.25, 0.3) is 0 Å². The molecular formula is C19H31FNa3O9PS. The second kappa shape index (κ2) is 29.2. The summed E-state index contributed by atoms with van der Waals surface area (Å²) in [5.41, 5.74) is 0.220. The fourth-order valence-electron chi connectivity index (χ4n) is 2.33. The topological polar surface area (TPSA) is 167 Å². The average molecular weight is 554 g/mol. The molecule has 0 spiro atoms. The first kappa shape index (κ1) is 45.6. The van der Waals surface area contributed by atoms with Gasteiger partial charge in [0.05, 0.1) is 12.6 Å². The SMILES string of the molecule is CCCCCCCCCCCCOS(=O)(=O)O.O=C([O-])c1ccccc1.O=P([O-])([O-])F.[Na+].[Na+].[Na+]. The predicted molar refractivity (Wildman–Crippen MR) is 109 cm³/mol. The number of carboxylic acid groups (broad SMARTS) is 1. The maximum atomic E-state index is 10.2. The monoisotopic (exact) mass is 554 g/mol. The van der Waals surface area contributed by atoms with Gasteiger partial charge in [0, 0.05) is 0 Å². The minimum absolute atomic E-state index is 0. The van der Waals surface area contributed by atoms with Gasteiger partial charge in [0.15, 0.2) is 0 Å². The van der Waals surface area contributed by atoms with Crippen LogP contribution < -0.4 is 104 Å². The van der Waals surface area contributed by atoms with Crippen molar-refractivity contribution in [3.63, 3.8) is 0 Å². The molecule has 0 saturated carbocycles. The van der Waals surface area contributed by atoms with E-state index in [9.17, 15) is 22.5 Å². The van der Waals surface area contributed by atoms with Gasteiger partial charge in [-0.2, -0.15) is 8.42 Å². The largest absolute Gasteiger partial charge is 1.00 e. The van der Waals surface area contributed by atoms with Crippen molar-refractivity contribution in [2.75, 3.05) is 6.61 Å². The van der Waals surface area contributed by atoms with Gasteiger partial charge in [0.1, 0.15) is 7.91 Å². The third-order valence-corrected chi connectivity index (χ3v) is 4.20. The van der Waals surface area contributed by atoms with Gasteiger partial charge >= 0.3 is 99.1 Å². The number of hydrogen-bond donors (Lipinski definition) is 1. The molecule has 0 unspecified atom stereocenters. The molecule has 0 amide bonds. The van der Waals surface area contributed by atoms with Gasteiger partial charge < -0.3 is 24.3 Å². The number of carbonyl (C=O) groups excluding carboxylic acids is 1. The molecular weight excluding hydrogens is 523 g/mol. The summed E-state index contributed by atoms with van der Waals surface area (Å²) in [6.07, 6.45) is 11.9. The van der Waals surface area contributed by atoms with Crippen LogP contribution in [0.4, 0.5) is 4.20 Å². The van der Waals surface area contributed by atoms with Crippen LogP contribution in [0.1, 0.15) is 81.5 Å². The molecule has 0 radical (unpaired) electrons. The van der Waals surface area contributed by atoms with Gasteiger partial charge in [-0.05, 0) is 12.0 Å². The third-order valence-electron chi connectivity index (χ3n) is 3.74. The van der Waals surface area contributed by atoms with E-state index in [4.69, 9.17) is 18.9 Å². The van der Waals surface area contributed by atoms with E-state index in [2.05, 4.69) is 11.1 Å². The summed E-state index contributed by atoms with van der Waals surface area (Å²) in [5, 5.41) is 10.1. The molecule has 0 saturated heterocycles. The summed E-state index contributed by atoms with van der Waals surface area (Å²) in [4.78, 5) is 27.0. The summed E-state index contributed by atoms with van der Waals surface area (Å²) in [6.45, 7) is 2.31. The van der Waals surface area contributed by atoms with Gasteiger partial charge in [-0.25, -0.2) is 8.38 Å². The Morgan fingerprint density at radius 2 is 1.26 bits per heavy atom. The number of halogens is 1. The van der Waals surface area contributed by atoms with E-state index < -0.39 is 24.3 Å². The maximum absolute atomic E-state index is 10.2. The summed E-state index contributed by atoms with van der Waals surface area (Å²) in [6, 6.07) is 8.06. The van der Waals surface area contributed by atoms with Crippen LogP contribution in [0.25, 0.3) is 0 Å². The van der Waals surface area contributed by atoms with Gasteiger partial charge in [-0.15, -0.1) is 0 Å². The summed E-state index contributed by atoms with van der Waals surface area (Å²) in [5.74, 6) is -1.13. The molecule has 34 heavy (non-hydrogen) atoms. The standard InChI is InChI=1S/C12H26O4S.C7H6O2.FH2O3P.3Na/c1-2-3-4-5-6-7-8-9-10-11-12-16-17(13,14)15;8-7(9)6-4-2-1-3-5-6;1-5(2,3)4;;;/h2-12H2,1H3,(H,13,14,15);1-5H,(H,8,9);(H2,2,3,4);;;/q;;;3*+1/p-3. The molecule has 182 valence electrons. The normalized spacial score (nSPS) is 10.0. The van der Waals surface area contributed by atoms with E-state index in [1.165, 1.54) is 57.1 Å². The van der Waals surface area contributed by atoms with Crippen LogP contribution in [-0.4, -0.2) is 25.5 Å². The zero-order chi connectivity index (χ0) is 24.2. The van der Waals surface area contributed by atoms with Crippen LogP contribution in [-0.2, 0) is 19.1 Å². The number of rotatable bonds is 13. The van der Waals surface area contributed by atoms with Crippen molar-refractivity contribution in [3.8, 4) is 0 Å². The minimum atomic E-state index is -5.64.